The number of aryl methyl sites for hydroxylation is 1. The van der Waals surface area contributed by atoms with Crippen LogP contribution in [0.5, 0.6) is 5.75 Å². The molecule has 150 valence electrons. The maximum absolute atomic E-state index is 13.0. The normalized spacial score (nSPS) is 13.0. The molecule has 0 aliphatic rings. The number of carbonyl (C=O) groups is 1. The van der Waals surface area contributed by atoms with Gasteiger partial charge in [0.15, 0.2) is 6.10 Å². The van der Waals surface area contributed by atoms with E-state index in [1.807, 2.05) is 54.6 Å². The summed E-state index contributed by atoms with van der Waals surface area (Å²) in [5, 5.41) is 3.17. The smallest absolute Gasteiger partial charge is 0.261 e. The third-order valence-corrected chi connectivity index (χ3v) is 5.04. The second-order valence-corrected chi connectivity index (χ2v) is 7.72. The van der Waals surface area contributed by atoms with Crippen LogP contribution in [0.1, 0.15) is 55.0 Å². The molecule has 3 rings (SSSR count). The molecule has 0 spiro atoms. The number of nitrogens with one attached hydrogen (secondary N) is 1. The number of benzene rings is 3. The molecule has 0 saturated carbocycles. The number of hydrogen-bond donors (Lipinski definition) is 1. The summed E-state index contributed by atoms with van der Waals surface area (Å²) >= 11 is 0. The molecule has 0 bridgehead atoms. The van der Waals surface area contributed by atoms with Gasteiger partial charge in [0.25, 0.3) is 5.91 Å². The van der Waals surface area contributed by atoms with Crippen molar-refractivity contribution in [2.75, 3.05) is 0 Å². The number of carbonyl (C=O) groups excluding carboxylic acids is 1. The highest BCUT2D eigenvalue weighted by Crippen LogP contribution is 2.27. The van der Waals surface area contributed by atoms with Crippen molar-refractivity contribution >= 4 is 5.91 Å². The van der Waals surface area contributed by atoms with Gasteiger partial charge in [-0.05, 0) is 42.5 Å². The van der Waals surface area contributed by atoms with E-state index < -0.39 is 6.10 Å². The first-order valence-electron chi connectivity index (χ1n) is 10.1. The van der Waals surface area contributed by atoms with Gasteiger partial charge in [-0.2, -0.15) is 0 Å². The fraction of sp³-hybridized carbons (Fsp3) is 0.269. The van der Waals surface area contributed by atoms with Crippen LogP contribution < -0.4 is 10.1 Å². The fourth-order valence-electron chi connectivity index (χ4n) is 3.33. The highest BCUT2D eigenvalue weighted by atomic mass is 16.5. The molecule has 3 aromatic rings. The van der Waals surface area contributed by atoms with Crippen LogP contribution in [0.15, 0.2) is 78.9 Å². The Kier molecular flexibility index (Phi) is 6.71. The Bertz CT molecular complexity index is 932. The molecule has 1 N–H and O–H groups in total. The lowest BCUT2D eigenvalue weighted by Crippen LogP contribution is -2.39. The minimum atomic E-state index is -0.605. The predicted molar refractivity (Wildman–Crippen MR) is 118 cm³/mol. The first-order valence-corrected chi connectivity index (χ1v) is 10.1. The Hall–Kier alpha value is -3.07. The molecule has 0 fully saturated rings. The zero-order chi connectivity index (χ0) is 20.8. The monoisotopic (exact) mass is 387 g/mol. The summed E-state index contributed by atoms with van der Waals surface area (Å²) < 4.78 is 6.05. The lowest BCUT2D eigenvalue weighted by Gasteiger charge is -2.24. The van der Waals surface area contributed by atoms with Crippen molar-refractivity contribution in [3.63, 3.8) is 0 Å². The van der Waals surface area contributed by atoms with E-state index in [4.69, 9.17) is 4.74 Å². The third-order valence-electron chi connectivity index (χ3n) is 5.04. The maximum Gasteiger partial charge on any atom is 0.261 e. The lowest BCUT2D eigenvalue weighted by molar-refractivity contribution is -0.127. The molecule has 3 nitrogen and oxygen atoms in total. The fourth-order valence-corrected chi connectivity index (χ4v) is 3.33. The molecule has 3 aromatic carbocycles. The van der Waals surface area contributed by atoms with Crippen LogP contribution in [0.2, 0.25) is 0 Å². The van der Waals surface area contributed by atoms with Gasteiger partial charge >= 0.3 is 0 Å². The van der Waals surface area contributed by atoms with Gasteiger partial charge in [-0.25, -0.2) is 0 Å². The quantitative estimate of drug-likeness (QED) is 0.557. The van der Waals surface area contributed by atoms with Crippen LogP contribution in [0.4, 0.5) is 0 Å². The lowest BCUT2D eigenvalue weighted by atomic mass is 9.97. The maximum atomic E-state index is 13.0. The summed E-state index contributed by atoms with van der Waals surface area (Å²) in [4.78, 5) is 13.0. The number of para-hydroxylation sites is 1. The first kappa shape index (κ1) is 20.7. The van der Waals surface area contributed by atoms with E-state index in [-0.39, 0.29) is 11.9 Å². The van der Waals surface area contributed by atoms with Gasteiger partial charge in [-0.3, -0.25) is 4.79 Å². The average molecular weight is 388 g/mol. The van der Waals surface area contributed by atoms with Crippen molar-refractivity contribution in [1.82, 2.24) is 5.32 Å². The number of rotatable bonds is 7. The highest BCUT2D eigenvalue weighted by Gasteiger charge is 2.22. The van der Waals surface area contributed by atoms with Crippen molar-refractivity contribution in [1.29, 1.82) is 0 Å². The van der Waals surface area contributed by atoms with Gasteiger partial charge in [0, 0.05) is 0 Å². The largest absolute Gasteiger partial charge is 0.481 e. The first-order chi connectivity index (χ1) is 14.0. The molecular formula is C26H29NO2. The molecule has 1 amide bonds. The molecule has 0 aliphatic heterocycles. The van der Waals surface area contributed by atoms with Gasteiger partial charge in [-0.1, -0.05) is 92.2 Å². The number of amides is 1. The SMILES string of the molecule is Cc1ccc([C@@H](NC(=O)[C@@H](C)Oc2ccccc2C(C)C)c2ccccc2)cc1. The van der Waals surface area contributed by atoms with E-state index >= 15 is 0 Å². The van der Waals surface area contributed by atoms with Crippen molar-refractivity contribution in [2.24, 2.45) is 0 Å². The molecule has 2 atom stereocenters. The summed E-state index contributed by atoms with van der Waals surface area (Å²) in [6.45, 7) is 8.09. The molecule has 0 saturated heterocycles. The minimum Gasteiger partial charge on any atom is -0.481 e. The Morgan fingerprint density at radius 2 is 1.38 bits per heavy atom. The van der Waals surface area contributed by atoms with E-state index in [0.717, 1.165) is 22.4 Å². The second-order valence-electron chi connectivity index (χ2n) is 7.72. The summed E-state index contributed by atoms with van der Waals surface area (Å²) in [6, 6.07) is 25.9. The Labute approximate surface area is 173 Å². The van der Waals surface area contributed by atoms with Gasteiger partial charge < -0.3 is 10.1 Å². The zero-order valence-corrected chi connectivity index (χ0v) is 17.6. The molecular weight excluding hydrogens is 358 g/mol. The van der Waals surface area contributed by atoms with E-state index in [1.165, 1.54) is 5.56 Å². The van der Waals surface area contributed by atoms with Gasteiger partial charge in [-0.15, -0.1) is 0 Å². The van der Waals surface area contributed by atoms with Gasteiger partial charge in [0.1, 0.15) is 5.75 Å². The molecule has 0 unspecified atom stereocenters. The van der Waals surface area contributed by atoms with Crippen molar-refractivity contribution in [3.8, 4) is 5.75 Å². The highest BCUT2D eigenvalue weighted by molar-refractivity contribution is 5.81. The van der Waals surface area contributed by atoms with Crippen molar-refractivity contribution in [3.05, 3.63) is 101 Å². The summed E-state index contributed by atoms with van der Waals surface area (Å²) in [5.74, 6) is 0.945. The molecule has 29 heavy (non-hydrogen) atoms. The van der Waals surface area contributed by atoms with Crippen molar-refractivity contribution in [2.45, 2.75) is 45.8 Å². The molecule has 0 aromatic heterocycles. The van der Waals surface area contributed by atoms with E-state index in [2.05, 4.69) is 50.4 Å². The van der Waals surface area contributed by atoms with Gasteiger partial charge in [0.2, 0.25) is 0 Å². The van der Waals surface area contributed by atoms with E-state index in [0.29, 0.717) is 5.92 Å². The summed E-state index contributed by atoms with van der Waals surface area (Å²) in [6.07, 6.45) is -0.605. The Morgan fingerprint density at radius 1 is 0.793 bits per heavy atom. The summed E-state index contributed by atoms with van der Waals surface area (Å²) in [7, 11) is 0. The predicted octanol–water partition coefficient (Wildman–Crippen LogP) is 5.79. The molecule has 0 radical (unpaired) electrons. The number of ether oxygens (including phenoxy) is 1. The molecule has 0 aliphatic carbocycles. The van der Waals surface area contributed by atoms with E-state index in [1.54, 1.807) is 6.92 Å². The van der Waals surface area contributed by atoms with Crippen molar-refractivity contribution < 1.29 is 9.53 Å². The zero-order valence-electron chi connectivity index (χ0n) is 17.6. The van der Waals surface area contributed by atoms with Crippen LogP contribution in [0, 0.1) is 6.92 Å². The standard InChI is InChI=1S/C26H29NO2/c1-18(2)23-12-8-9-13-24(23)29-20(4)26(28)27-25(21-10-6-5-7-11-21)22-16-14-19(3)15-17-22/h5-18,20,25H,1-4H3,(H,27,28)/t20-,25+/m1/s1. The number of hydrogen-bond acceptors (Lipinski definition) is 2. The van der Waals surface area contributed by atoms with Crippen LogP contribution in [-0.4, -0.2) is 12.0 Å². The van der Waals surface area contributed by atoms with E-state index in [9.17, 15) is 4.79 Å². The van der Waals surface area contributed by atoms with Crippen LogP contribution >= 0.6 is 0 Å². The molecule has 0 heterocycles. The van der Waals surface area contributed by atoms with Gasteiger partial charge in [0.05, 0.1) is 6.04 Å². The Balaban J connectivity index is 1.80. The average Bonchev–Trinajstić information content (AvgIpc) is 2.73. The van der Waals surface area contributed by atoms with Crippen LogP contribution in [-0.2, 0) is 4.79 Å². The minimum absolute atomic E-state index is 0.141. The van der Waals surface area contributed by atoms with Crippen LogP contribution in [0.3, 0.4) is 0 Å². The van der Waals surface area contributed by atoms with Crippen LogP contribution in [0.25, 0.3) is 0 Å². The third kappa shape index (κ3) is 5.26. The Morgan fingerprint density at radius 3 is 2.03 bits per heavy atom. The second kappa shape index (κ2) is 9.42. The summed E-state index contributed by atoms with van der Waals surface area (Å²) in [5.41, 5.74) is 4.38. The topological polar surface area (TPSA) is 38.3 Å². The molecule has 3 heteroatoms.